The maximum atomic E-state index is 11.4. The van der Waals surface area contributed by atoms with E-state index in [2.05, 4.69) is 22.0 Å². The number of hydrogen-bond acceptors (Lipinski definition) is 5. The summed E-state index contributed by atoms with van der Waals surface area (Å²) in [5.74, 6) is 0.258. The molecule has 0 saturated heterocycles. The van der Waals surface area contributed by atoms with Crippen LogP contribution < -0.4 is 5.32 Å². The van der Waals surface area contributed by atoms with E-state index >= 15 is 0 Å². The van der Waals surface area contributed by atoms with Gasteiger partial charge in [-0.1, -0.05) is 35.8 Å². The third-order valence-corrected chi connectivity index (χ3v) is 4.77. The second-order valence-electron chi connectivity index (χ2n) is 4.61. The minimum atomic E-state index is -0.431. The van der Waals surface area contributed by atoms with Gasteiger partial charge in [-0.15, -0.1) is 0 Å². The first kappa shape index (κ1) is 13.6. The Kier molecular flexibility index (Phi) is 4.45. The predicted molar refractivity (Wildman–Crippen MR) is 73.5 cm³/mol. The third kappa shape index (κ3) is 2.95. The van der Waals surface area contributed by atoms with Gasteiger partial charge in [-0.3, -0.25) is 0 Å². The van der Waals surface area contributed by atoms with Gasteiger partial charge in [0.1, 0.15) is 0 Å². The van der Waals surface area contributed by atoms with Gasteiger partial charge in [-0.2, -0.15) is 0 Å². The molecule has 1 fully saturated rings. The highest BCUT2D eigenvalue weighted by Crippen LogP contribution is 2.32. The largest absolute Gasteiger partial charge is 0.465 e. The standard InChI is InChI=1S/C12H17ClN2O2S/c1-7(8-5-3-4-6-8)14-12-15-10(13)9(18-12)11(16)17-2/h7-8H,3-6H2,1-2H3,(H,14,15). The zero-order chi connectivity index (χ0) is 13.1. The Morgan fingerprint density at radius 3 is 2.83 bits per heavy atom. The Bertz CT molecular complexity index is 430. The molecule has 1 aromatic heterocycles. The van der Waals surface area contributed by atoms with Crippen LogP contribution in [0.4, 0.5) is 5.13 Å². The zero-order valence-electron chi connectivity index (χ0n) is 10.5. The van der Waals surface area contributed by atoms with Crippen molar-refractivity contribution >= 4 is 34.0 Å². The minimum absolute atomic E-state index is 0.216. The first-order chi connectivity index (χ1) is 8.61. The lowest BCUT2D eigenvalue weighted by molar-refractivity contribution is 0.0606. The monoisotopic (exact) mass is 288 g/mol. The van der Waals surface area contributed by atoms with E-state index in [1.165, 1.54) is 44.1 Å². The lowest BCUT2D eigenvalue weighted by atomic mass is 10.0. The van der Waals surface area contributed by atoms with E-state index < -0.39 is 5.97 Å². The maximum absolute atomic E-state index is 11.4. The molecule has 0 aliphatic heterocycles. The molecule has 1 aromatic rings. The lowest BCUT2D eigenvalue weighted by Gasteiger charge is -2.19. The van der Waals surface area contributed by atoms with Crippen LogP contribution >= 0.6 is 22.9 Å². The Morgan fingerprint density at radius 1 is 1.56 bits per heavy atom. The fourth-order valence-electron chi connectivity index (χ4n) is 2.35. The molecule has 0 radical (unpaired) electrons. The number of thiazole rings is 1. The second kappa shape index (κ2) is 5.89. The molecular formula is C12H17ClN2O2S. The van der Waals surface area contributed by atoms with Crippen molar-refractivity contribution in [1.29, 1.82) is 0 Å². The van der Waals surface area contributed by atoms with Gasteiger partial charge in [0.05, 0.1) is 7.11 Å². The van der Waals surface area contributed by atoms with E-state index in [1.54, 1.807) is 0 Å². The summed E-state index contributed by atoms with van der Waals surface area (Å²) in [6, 6.07) is 0.361. The molecule has 0 aromatic carbocycles. The summed E-state index contributed by atoms with van der Waals surface area (Å²) in [7, 11) is 1.34. The molecule has 2 rings (SSSR count). The van der Waals surface area contributed by atoms with Crippen molar-refractivity contribution in [2.75, 3.05) is 12.4 Å². The molecule has 6 heteroatoms. The van der Waals surface area contributed by atoms with Crippen LogP contribution in [0, 0.1) is 5.92 Å². The molecule has 4 nitrogen and oxygen atoms in total. The van der Waals surface area contributed by atoms with Gasteiger partial charge in [0.2, 0.25) is 0 Å². The molecule has 18 heavy (non-hydrogen) atoms. The summed E-state index contributed by atoms with van der Waals surface area (Å²) < 4.78 is 4.65. The highest BCUT2D eigenvalue weighted by atomic mass is 35.5. The van der Waals surface area contributed by atoms with Crippen LogP contribution in [0.15, 0.2) is 0 Å². The minimum Gasteiger partial charge on any atom is -0.465 e. The van der Waals surface area contributed by atoms with Crippen molar-refractivity contribution in [3.05, 3.63) is 10.0 Å². The van der Waals surface area contributed by atoms with Crippen LogP contribution in [0.5, 0.6) is 0 Å². The number of rotatable bonds is 4. The highest BCUT2D eigenvalue weighted by Gasteiger charge is 2.23. The van der Waals surface area contributed by atoms with Crippen LogP contribution in [0.2, 0.25) is 5.15 Å². The van der Waals surface area contributed by atoms with Crippen molar-refractivity contribution in [2.24, 2.45) is 5.92 Å². The van der Waals surface area contributed by atoms with Gasteiger partial charge < -0.3 is 10.1 Å². The number of nitrogens with one attached hydrogen (secondary N) is 1. The summed E-state index contributed by atoms with van der Waals surface area (Å²) in [4.78, 5) is 15.9. The Hall–Kier alpha value is -0.810. The van der Waals surface area contributed by atoms with Gasteiger partial charge in [0.25, 0.3) is 0 Å². The summed E-state index contributed by atoms with van der Waals surface area (Å²) in [6.07, 6.45) is 5.14. The third-order valence-electron chi connectivity index (χ3n) is 3.41. The first-order valence-electron chi connectivity index (χ1n) is 6.13. The van der Waals surface area contributed by atoms with Gasteiger partial charge in [-0.05, 0) is 25.7 Å². The number of halogens is 1. The first-order valence-corrected chi connectivity index (χ1v) is 7.32. The number of nitrogens with zero attached hydrogens (tertiary/aromatic N) is 1. The molecule has 0 bridgehead atoms. The molecule has 1 aliphatic carbocycles. The van der Waals surface area contributed by atoms with Crippen molar-refractivity contribution < 1.29 is 9.53 Å². The number of carbonyl (C=O) groups excluding carboxylic acids is 1. The topological polar surface area (TPSA) is 51.2 Å². The maximum Gasteiger partial charge on any atom is 0.351 e. The molecule has 1 N–H and O–H groups in total. The van der Waals surface area contributed by atoms with Crippen molar-refractivity contribution in [3.63, 3.8) is 0 Å². The number of carbonyl (C=O) groups is 1. The van der Waals surface area contributed by atoms with Crippen LogP contribution in [-0.4, -0.2) is 24.1 Å². The molecule has 100 valence electrons. The van der Waals surface area contributed by atoms with E-state index in [4.69, 9.17) is 11.6 Å². The molecule has 1 aliphatic rings. The fourth-order valence-corrected chi connectivity index (χ4v) is 3.55. The highest BCUT2D eigenvalue weighted by molar-refractivity contribution is 7.18. The Labute approximate surface area is 116 Å². The van der Waals surface area contributed by atoms with E-state index in [9.17, 15) is 4.79 Å². The van der Waals surface area contributed by atoms with E-state index in [1.807, 2.05) is 0 Å². The van der Waals surface area contributed by atoms with Crippen LogP contribution in [0.1, 0.15) is 42.3 Å². The van der Waals surface area contributed by atoms with E-state index in [0.717, 1.165) is 0 Å². The molecule has 1 saturated carbocycles. The fraction of sp³-hybridized carbons (Fsp3) is 0.667. The molecule has 1 unspecified atom stereocenters. The van der Waals surface area contributed by atoms with Gasteiger partial charge in [0, 0.05) is 6.04 Å². The average Bonchev–Trinajstić information content (AvgIpc) is 2.97. The number of ether oxygens (including phenoxy) is 1. The van der Waals surface area contributed by atoms with Crippen molar-refractivity contribution in [3.8, 4) is 0 Å². The second-order valence-corrected chi connectivity index (χ2v) is 5.97. The number of hydrogen-bond donors (Lipinski definition) is 1. The number of aromatic nitrogens is 1. The summed E-state index contributed by atoms with van der Waals surface area (Å²) >= 11 is 7.17. The number of anilines is 1. The van der Waals surface area contributed by atoms with Crippen LogP contribution in [-0.2, 0) is 4.74 Å². The average molecular weight is 289 g/mol. The Morgan fingerprint density at radius 2 is 2.22 bits per heavy atom. The van der Waals surface area contributed by atoms with Gasteiger partial charge in [0.15, 0.2) is 15.2 Å². The van der Waals surface area contributed by atoms with Gasteiger partial charge >= 0.3 is 5.97 Å². The van der Waals surface area contributed by atoms with Gasteiger partial charge in [-0.25, -0.2) is 9.78 Å². The number of methoxy groups -OCH3 is 1. The molecule has 1 atom stereocenters. The smallest absolute Gasteiger partial charge is 0.351 e. The normalized spacial score (nSPS) is 17.7. The predicted octanol–water partition coefficient (Wildman–Crippen LogP) is 3.57. The quantitative estimate of drug-likeness (QED) is 0.861. The van der Waals surface area contributed by atoms with E-state index in [0.29, 0.717) is 22.0 Å². The SMILES string of the molecule is COC(=O)c1sc(NC(C)C2CCCC2)nc1Cl. The molecule has 0 amide bonds. The van der Waals surface area contributed by atoms with Crippen molar-refractivity contribution in [2.45, 2.75) is 38.6 Å². The van der Waals surface area contributed by atoms with Crippen LogP contribution in [0.3, 0.4) is 0 Å². The zero-order valence-corrected chi connectivity index (χ0v) is 12.1. The molecule has 0 spiro atoms. The summed E-state index contributed by atoms with van der Waals surface area (Å²) in [5, 5.41) is 4.25. The molecular weight excluding hydrogens is 272 g/mol. The van der Waals surface area contributed by atoms with E-state index in [-0.39, 0.29) is 5.15 Å². The molecule has 1 heterocycles. The van der Waals surface area contributed by atoms with Crippen molar-refractivity contribution in [1.82, 2.24) is 4.98 Å². The lowest BCUT2D eigenvalue weighted by Crippen LogP contribution is -2.23. The summed E-state index contributed by atoms with van der Waals surface area (Å²) in [5.41, 5.74) is 0. The van der Waals surface area contributed by atoms with Crippen LogP contribution in [0.25, 0.3) is 0 Å². The number of esters is 1. The summed E-state index contributed by atoms with van der Waals surface area (Å²) in [6.45, 7) is 2.16. The Balaban J connectivity index is 2.03.